The molecule has 1 N–H and O–H groups in total. The Morgan fingerprint density at radius 1 is 1.40 bits per heavy atom. The molecule has 1 saturated heterocycles. The molecule has 2 heterocycles. The van der Waals surface area contributed by atoms with Crippen LogP contribution in [0.2, 0.25) is 0 Å². The Kier molecular flexibility index (Phi) is 3.90. The lowest BCUT2D eigenvalue weighted by Gasteiger charge is -2.34. The van der Waals surface area contributed by atoms with E-state index in [9.17, 15) is 4.21 Å². The number of thiazole rings is 1. The van der Waals surface area contributed by atoms with Crippen LogP contribution in [0.15, 0.2) is 0 Å². The van der Waals surface area contributed by atoms with Crippen molar-refractivity contribution in [2.24, 2.45) is 5.41 Å². The van der Waals surface area contributed by atoms with Crippen LogP contribution in [0.5, 0.6) is 0 Å². The molecule has 1 aliphatic carbocycles. The van der Waals surface area contributed by atoms with E-state index in [1.165, 1.54) is 17.0 Å². The normalized spacial score (nSPS) is 26.6. The van der Waals surface area contributed by atoms with Crippen LogP contribution >= 0.6 is 11.3 Å². The number of nitrogens with zero attached hydrogens (tertiary/aromatic N) is 2. The highest BCUT2D eigenvalue weighted by molar-refractivity contribution is 7.85. The van der Waals surface area contributed by atoms with Crippen molar-refractivity contribution >= 4 is 27.3 Å². The summed E-state index contributed by atoms with van der Waals surface area (Å²) < 4.78 is 11.5. The maximum absolute atomic E-state index is 11.5. The Bertz CT molecular complexity index is 516. The van der Waals surface area contributed by atoms with Crippen LogP contribution in [-0.4, -0.2) is 40.8 Å². The van der Waals surface area contributed by atoms with Crippen molar-refractivity contribution in [3.63, 3.8) is 0 Å². The first kappa shape index (κ1) is 14.5. The minimum atomic E-state index is -0.623. The molecule has 20 heavy (non-hydrogen) atoms. The Morgan fingerprint density at radius 2 is 2.10 bits per heavy atom. The summed E-state index contributed by atoms with van der Waals surface area (Å²) in [6.07, 6.45) is 2.24. The highest BCUT2D eigenvalue weighted by atomic mass is 32.2. The van der Waals surface area contributed by atoms with Gasteiger partial charge in [-0.1, -0.05) is 25.2 Å². The molecule has 0 radical (unpaired) electrons. The third kappa shape index (κ3) is 2.78. The summed E-state index contributed by atoms with van der Waals surface area (Å²) in [4.78, 5) is 8.62. The molecule has 0 amide bonds. The summed E-state index contributed by atoms with van der Waals surface area (Å²) in [5.41, 5.74) is 1.59. The van der Waals surface area contributed by atoms with Gasteiger partial charge < -0.3 is 10.2 Å². The number of rotatable bonds is 2. The van der Waals surface area contributed by atoms with Crippen molar-refractivity contribution in [2.45, 2.75) is 32.7 Å². The van der Waals surface area contributed by atoms with E-state index in [0.717, 1.165) is 36.1 Å². The SMILES string of the molecule is CNC1CC(C)(C)Cc2nc(N3CCS(=O)CC3)sc21. The Hall–Kier alpha value is -0.460. The summed E-state index contributed by atoms with van der Waals surface area (Å²) >= 11 is 1.83. The Labute approximate surface area is 127 Å². The van der Waals surface area contributed by atoms with Gasteiger partial charge in [0.25, 0.3) is 0 Å². The van der Waals surface area contributed by atoms with Gasteiger partial charge in [0.05, 0.1) is 5.69 Å². The van der Waals surface area contributed by atoms with Gasteiger partial charge in [0.1, 0.15) is 0 Å². The van der Waals surface area contributed by atoms with E-state index in [2.05, 4.69) is 24.1 Å². The van der Waals surface area contributed by atoms with E-state index in [-0.39, 0.29) is 0 Å². The Morgan fingerprint density at radius 3 is 2.75 bits per heavy atom. The monoisotopic (exact) mass is 313 g/mol. The lowest BCUT2D eigenvalue weighted by Crippen LogP contribution is -2.37. The molecule has 0 aromatic carbocycles. The van der Waals surface area contributed by atoms with Gasteiger partial charge in [0, 0.05) is 46.3 Å². The molecule has 1 atom stereocenters. The van der Waals surface area contributed by atoms with Crippen LogP contribution < -0.4 is 10.2 Å². The van der Waals surface area contributed by atoms with E-state index < -0.39 is 10.8 Å². The van der Waals surface area contributed by atoms with Crippen LogP contribution in [-0.2, 0) is 17.2 Å². The third-order valence-electron chi connectivity index (χ3n) is 4.23. The molecule has 4 nitrogen and oxygen atoms in total. The number of nitrogens with one attached hydrogen (secondary N) is 1. The summed E-state index contributed by atoms with van der Waals surface area (Å²) in [7, 11) is 1.42. The minimum absolute atomic E-state index is 0.315. The van der Waals surface area contributed by atoms with E-state index in [0.29, 0.717) is 11.5 Å². The van der Waals surface area contributed by atoms with Gasteiger partial charge in [-0.2, -0.15) is 0 Å². The quantitative estimate of drug-likeness (QED) is 0.906. The summed E-state index contributed by atoms with van der Waals surface area (Å²) in [5.74, 6) is 1.57. The van der Waals surface area contributed by atoms with Gasteiger partial charge in [-0.05, 0) is 25.3 Å². The van der Waals surface area contributed by atoms with Gasteiger partial charge in [-0.25, -0.2) is 4.98 Å². The van der Waals surface area contributed by atoms with Gasteiger partial charge in [0.2, 0.25) is 0 Å². The maximum atomic E-state index is 11.5. The van der Waals surface area contributed by atoms with Gasteiger partial charge in [-0.15, -0.1) is 0 Å². The van der Waals surface area contributed by atoms with E-state index in [4.69, 9.17) is 4.98 Å². The van der Waals surface area contributed by atoms with Gasteiger partial charge >= 0.3 is 0 Å². The van der Waals surface area contributed by atoms with Crippen molar-refractivity contribution < 1.29 is 4.21 Å². The molecule has 1 aromatic heterocycles. The zero-order chi connectivity index (χ0) is 14.3. The summed E-state index contributed by atoms with van der Waals surface area (Å²) in [6.45, 7) is 6.41. The standard InChI is InChI=1S/C14H23N3OS2/c1-14(2)8-10(15-3)12-11(9-14)16-13(19-12)17-4-6-20(18)7-5-17/h10,15H,4-9H2,1-3H3. The molecule has 6 heteroatoms. The first-order valence-corrected chi connectivity index (χ1v) is 9.56. The topological polar surface area (TPSA) is 45.2 Å². The highest BCUT2D eigenvalue weighted by Gasteiger charge is 2.35. The molecule has 0 spiro atoms. The number of hydrogen-bond donors (Lipinski definition) is 1. The van der Waals surface area contributed by atoms with Crippen molar-refractivity contribution in [3.8, 4) is 0 Å². The van der Waals surface area contributed by atoms with Crippen molar-refractivity contribution in [1.82, 2.24) is 10.3 Å². The second kappa shape index (κ2) is 5.39. The molecule has 1 unspecified atom stereocenters. The lowest BCUT2D eigenvalue weighted by atomic mass is 9.76. The number of anilines is 1. The van der Waals surface area contributed by atoms with Crippen molar-refractivity contribution in [1.29, 1.82) is 0 Å². The maximum Gasteiger partial charge on any atom is 0.185 e. The average molecular weight is 313 g/mol. The van der Waals surface area contributed by atoms with Crippen molar-refractivity contribution in [2.75, 3.05) is 36.5 Å². The van der Waals surface area contributed by atoms with Crippen LogP contribution in [0.4, 0.5) is 5.13 Å². The molecule has 1 fully saturated rings. The molecule has 0 saturated carbocycles. The minimum Gasteiger partial charge on any atom is -0.346 e. The fourth-order valence-corrected chi connectivity index (χ4v) is 5.41. The molecule has 1 aromatic rings. The highest BCUT2D eigenvalue weighted by Crippen LogP contribution is 2.44. The largest absolute Gasteiger partial charge is 0.346 e. The second-order valence-electron chi connectivity index (χ2n) is 6.53. The van der Waals surface area contributed by atoms with Gasteiger partial charge in [0.15, 0.2) is 5.13 Å². The number of fused-ring (bicyclic) bond motifs is 1. The van der Waals surface area contributed by atoms with Crippen molar-refractivity contribution in [3.05, 3.63) is 10.6 Å². The fraction of sp³-hybridized carbons (Fsp3) is 0.786. The molecular formula is C14H23N3OS2. The molecular weight excluding hydrogens is 290 g/mol. The van der Waals surface area contributed by atoms with Crippen LogP contribution in [0.1, 0.15) is 36.9 Å². The average Bonchev–Trinajstić information content (AvgIpc) is 2.80. The lowest BCUT2D eigenvalue weighted by molar-refractivity contribution is 0.265. The summed E-state index contributed by atoms with van der Waals surface area (Å²) in [5, 5.41) is 4.57. The first-order chi connectivity index (χ1) is 9.48. The predicted molar refractivity (Wildman–Crippen MR) is 86.1 cm³/mol. The molecule has 0 bridgehead atoms. The summed E-state index contributed by atoms with van der Waals surface area (Å²) in [6, 6.07) is 0.430. The molecule has 3 rings (SSSR count). The fourth-order valence-electron chi connectivity index (χ4n) is 3.12. The molecule has 112 valence electrons. The van der Waals surface area contributed by atoms with Crippen LogP contribution in [0, 0.1) is 5.41 Å². The number of hydrogen-bond acceptors (Lipinski definition) is 5. The van der Waals surface area contributed by atoms with E-state index >= 15 is 0 Å². The predicted octanol–water partition coefficient (Wildman–Crippen LogP) is 1.94. The van der Waals surface area contributed by atoms with Gasteiger partial charge in [-0.3, -0.25) is 4.21 Å². The van der Waals surface area contributed by atoms with E-state index in [1.807, 2.05) is 18.4 Å². The second-order valence-corrected chi connectivity index (χ2v) is 9.23. The first-order valence-electron chi connectivity index (χ1n) is 7.25. The Balaban J connectivity index is 1.86. The molecule has 1 aliphatic heterocycles. The van der Waals surface area contributed by atoms with E-state index in [1.54, 1.807) is 0 Å². The molecule has 2 aliphatic rings. The van der Waals surface area contributed by atoms with Crippen LogP contribution in [0.25, 0.3) is 0 Å². The zero-order valence-electron chi connectivity index (χ0n) is 12.4. The zero-order valence-corrected chi connectivity index (χ0v) is 14.1. The van der Waals surface area contributed by atoms with Crippen LogP contribution in [0.3, 0.4) is 0 Å². The number of aromatic nitrogens is 1. The smallest absolute Gasteiger partial charge is 0.185 e. The third-order valence-corrected chi connectivity index (χ3v) is 6.78.